The summed E-state index contributed by atoms with van der Waals surface area (Å²) in [6, 6.07) is 0. The third kappa shape index (κ3) is 2.91. The van der Waals surface area contributed by atoms with E-state index in [0.717, 1.165) is 0 Å². The van der Waals surface area contributed by atoms with Gasteiger partial charge in [-0.15, -0.1) is 0 Å². The molecular weight excluding hydrogens is 334 g/mol. The van der Waals surface area contributed by atoms with Gasteiger partial charge in [-0.2, -0.15) is 4.98 Å². The van der Waals surface area contributed by atoms with Crippen molar-refractivity contribution in [1.82, 2.24) is 9.55 Å². The summed E-state index contributed by atoms with van der Waals surface area (Å²) in [6.45, 7) is -0.329. The number of nitrogens with one attached hydrogen (secondary N) is 1. The lowest BCUT2D eigenvalue weighted by atomic mass is 10.2. The van der Waals surface area contributed by atoms with Gasteiger partial charge in [-0.25, -0.2) is 4.79 Å². The fourth-order valence-corrected chi connectivity index (χ4v) is 2.30. The Balaban J connectivity index is 2.38. The number of anilines is 1. The van der Waals surface area contributed by atoms with Crippen molar-refractivity contribution in [3.63, 3.8) is 0 Å². The molecule has 4 N–H and O–H groups in total. The van der Waals surface area contributed by atoms with Crippen molar-refractivity contribution in [3.05, 3.63) is 27.2 Å². The quantitative estimate of drug-likeness (QED) is 0.568. The van der Waals surface area contributed by atoms with Crippen molar-refractivity contribution in [1.29, 1.82) is 0 Å². The van der Waals surface area contributed by atoms with Crippen LogP contribution in [-0.4, -0.2) is 43.8 Å². The maximum Gasteiger partial charge on any atom is 0.351 e. The van der Waals surface area contributed by atoms with Gasteiger partial charge in [0, 0.05) is 18.2 Å². The summed E-state index contributed by atoms with van der Waals surface area (Å²) in [5, 5.41) is 27.7. The molecule has 3 atom stereocenters. The second kappa shape index (κ2) is 6.46. The fraction of sp³-hybridized carbons (Fsp3) is 0.455. The minimum absolute atomic E-state index is 0.0132. The first-order chi connectivity index (χ1) is 9.60. The van der Waals surface area contributed by atoms with Crippen LogP contribution < -0.4 is 11.2 Å². The third-order valence-electron chi connectivity index (χ3n) is 3.02. The molecule has 0 aromatic carbocycles. The molecule has 0 spiro atoms. The van der Waals surface area contributed by atoms with Gasteiger partial charge in [-0.05, 0) is 11.1 Å². The molecule has 1 saturated heterocycles. The topological polar surface area (TPSA) is 117 Å². The van der Waals surface area contributed by atoms with Crippen LogP contribution in [0.3, 0.4) is 0 Å². The van der Waals surface area contributed by atoms with E-state index in [9.17, 15) is 9.90 Å². The largest absolute Gasteiger partial charge is 0.394 e. The summed E-state index contributed by atoms with van der Waals surface area (Å²) in [5.74, 6) is 0.0132. The number of hydrogen-bond donors (Lipinski definition) is 4. The Bertz CT molecular complexity index is 561. The van der Waals surface area contributed by atoms with Gasteiger partial charge in [0.25, 0.3) is 0 Å². The van der Waals surface area contributed by atoms with Crippen molar-refractivity contribution in [2.75, 3.05) is 12.1 Å². The van der Waals surface area contributed by atoms with Crippen molar-refractivity contribution in [2.45, 2.75) is 24.9 Å². The van der Waals surface area contributed by atoms with E-state index >= 15 is 0 Å². The SMILES string of the molecule is O=c1nc(NO)c(C=CBr)cn1[C@H]1C[C@H](O)[C@@H](CO)O1. The number of aliphatic hydroxyl groups is 2. The summed E-state index contributed by atoms with van der Waals surface area (Å²) < 4.78 is 6.61. The molecule has 2 heterocycles. The molecule has 0 radical (unpaired) electrons. The van der Waals surface area contributed by atoms with Crippen LogP contribution in [0.2, 0.25) is 0 Å². The first-order valence-corrected chi connectivity index (χ1v) is 6.76. The molecule has 0 bridgehead atoms. The average molecular weight is 348 g/mol. The van der Waals surface area contributed by atoms with E-state index < -0.39 is 24.1 Å². The summed E-state index contributed by atoms with van der Waals surface area (Å²) in [5.41, 5.74) is 1.66. The van der Waals surface area contributed by atoms with E-state index in [-0.39, 0.29) is 18.8 Å². The normalized spacial score (nSPS) is 26.3. The van der Waals surface area contributed by atoms with Crippen LogP contribution in [0.1, 0.15) is 18.2 Å². The Morgan fingerprint density at radius 3 is 2.95 bits per heavy atom. The maximum atomic E-state index is 11.9. The molecule has 0 amide bonds. The van der Waals surface area contributed by atoms with Crippen LogP contribution >= 0.6 is 15.9 Å². The highest BCUT2D eigenvalue weighted by Crippen LogP contribution is 2.28. The number of aliphatic hydroxyl groups excluding tert-OH is 2. The minimum Gasteiger partial charge on any atom is -0.394 e. The minimum atomic E-state index is -0.845. The predicted molar refractivity (Wildman–Crippen MR) is 73.5 cm³/mol. The molecule has 9 heteroatoms. The van der Waals surface area contributed by atoms with E-state index in [1.54, 1.807) is 11.1 Å². The van der Waals surface area contributed by atoms with E-state index in [4.69, 9.17) is 15.1 Å². The molecule has 0 saturated carbocycles. The molecule has 1 aromatic heterocycles. The zero-order valence-corrected chi connectivity index (χ0v) is 11.9. The Morgan fingerprint density at radius 2 is 2.40 bits per heavy atom. The molecule has 110 valence electrons. The first-order valence-electron chi connectivity index (χ1n) is 5.85. The zero-order chi connectivity index (χ0) is 14.7. The van der Waals surface area contributed by atoms with Gasteiger partial charge in [0.05, 0.1) is 12.7 Å². The molecule has 1 fully saturated rings. The molecule has 0 unspecified atom stereocenters. The summed E-state index contributed by atoms with van der Waals surface area (Å²) >= 11 is 3.10. The van der Waals surface area contributed by atoms with Crippen molar-refractivity contribution < 1.29 is 20.2 Å². The van der Waals surface area contributed by atoms with Gasteiger partial charge in [0.1, 0.15) is 12.3 Å². The smallest absolute Gasteiger partial charge is 0.351 e. The monoisotopic (exact) mass is 347 g/mol. The Kier molecular flexibility index (Phi) is 4.89. The molecule has 8 nitrogen and oxygen atoms in total. The van der Waals surface area contributed by atoms with E-state index in [1.807, 2.05) is 5.48 Å². The zero-order valence-electron chi connectivity index (χ0n) is 10.3. The van der Waals surface area contributed by atoms with Crippen LogP contribution in [-0.2, 0) is 4.74 Å². The van der Waals surface area contributed by atoms with Crippen molar-refractivity contribution in [3.8, 4) is 0 Å². The molecule has 1 aliphatic heterocycles. The highest BCUT2D eigenvalue weighted by atomic mass is 79.9. The van der Waals surface area contributed by atoms with Gasteiger partial charge < -0.3 is 14.9 Å². The third-order valence-corrected chi connectivity index (χ3v) is 3.29. The first kappa shape index (κ1) is 15.1. The molecule has 20 heavy (non-hydrogen) atoms. The van der Waals surface area contributed by atoms with Crippen LogP contribution in [0.15, 0.2) is 16.0 Å². The van der Waals surface area contributed by atoms with Crippen LogP contribution in [0.4, 0.5) is 5.82 Å². The maximum absolute atomic E-state index is 11.9. The number of aromatic nitrogens is 2. The molecule has 1 aliphatic rings. The molecular formula is C11H14BrN3O5. The van der Waals surface area contributed by atoms with Gasteiger partial charge in [0.2, 0.25) is 0 Å². The van der Waals surface area contributed by atoms with Gasteiger partial charge in [-0.3, -0.25) is 15.3 Å². The average Bonchev–Trinajstić information content (AvgIpc) is 2.81. The molecule has 2 rings (SSSR count). The lowest BCUT2D eigenvalue weighted by molar-refractivity contribution is -0.0458. The van der Waals surface area contributed by atoms with Crippen molar-refractivity contribution >= 4 is 27.8 Å². The second-order valence-corrected chi connectivity index (χ2v) is 4.78. The number of rotatable bonds is 4. The predicted octanol–water partition coefficient (Wildman–Crippen LogP) is 0.0507. The van der Waals surface area contributed by atoms with Crippen LogP contribution in [0.25, 0.3) is 6.08 Å². The molecule has 1 aromatic rings. The van der Waals surface area contributed by atoms with Gasteiger partial charge in [-0.1, -0.05) is 15.9 Å². The van der Waals surface area contributed by atoms with E-state index in [1.165, 1.54) is 10.8 Å². The highest BCUT2D eigenvalue weighted by molar-refractivity contribution is 9.11. The summed E-state index contributed by atoms with van der Waals surface area (Å²) in [6.07, 6.45) is 0.924. The standard InChI is InChI=1S/C11H14BrN3O5/c12-2-1-6-4-15(11(18)13-10(6)14-19)9-3-7(17)8(5-16)20-9/h1-2,4,7-9,16-17,19H,3,5H2,(H,13,14,18)/t7-,8+,9+/m0/s1. The van der Waals surface area contributed by atoms with Crippen LogP contribution in [0.5, 0.6) is 0 Å². The number of halogens is 1. The Morgan fingerprint density at radius 1 is 1.65 bits per heavy atom. The number of ether oxygens (including phenoxy) is 1. The lowest BCUT2D eigenvalue weighted by Gasteiger charge is -2.15. The fourth-order valence-electron chi connectivity index (χ4n) is 2.02. The summed E-state index contributed by atoms with van der Waals surface area (Å²) in [4.78, 5) is 17.1. The second-order valence-electron chi connectivity index (χ2n) is 4.25. The lowest BCUT2D eigenvalue weighted by Crippen LogP contribution is -2.28. The van der Waals surface area contributed by atoms with Crippen LogP contribution in [0, 0.1) is 0 Å². The number of hydrogen-bond acceptors (Lipinski definition) is 7. The number of nitrogens with zero attached hydrogens (tertiary/aromatic N) is 2. The van der Waals surface area contributed by atoms with Gasteiger partial charge in [0.15, 0.2) is 5.82 Å². The summed E-state index contributed by atoms with van der Waals surface area (Å²) in [7, 11) is 0. The van der Waals surface area contributed by atoms with E-state index in [2.05, 4.69) is 20.9 Å². The Labute approximate surface area is 122 Å². The van der Waals surface area contributed by atoms with E-state index in [0.29, 0.717) is 5.56 Å². The highest BCUT2D eigenvalue weighted by Gasteiger charge is 2.35. The Hall–Kier alpha value is -1.26. The van der Waals surface area contributed by atoms with Crippen molar-refractivity contribution in [2.24, 2.45) is 0 Å². The van der Waals surface area contributed by atoms with Gasteiger partial charge >= 0.3 is 5.69 Å². The molecule has 0 aliphatic carbocycles.